The van der Waals surface area contributed by atoms with Crippen molar-refractivity contribution >= 4 is 22.5 Å². The first-order valence-electron chi connectivity index (χ1n) is 9.07. The maximum atomic E-state index is 14.1. The van der Waals surface area contributed by atoms with E-state index in [1.165, 1.54) is 0 Å². The summed E-state index contributed by atoms with van der Waals surface area (Å²) >= 11 is 0. The second-order valence-electron chi connectivity index (χ2n) is 6.73. The van der Waals surface area contributed by atoms with Gasteiger partial charge in [-0.15, -0.1) is 0 Å². The van der Waals surface area contributed by atoms with E-state index >= 15 is 0 Å². The topological polar surface area (TPSA) is 45.2 Å². The third-order valence-corrected chi connectivity index (χ3v) is 5.08. The molecule has 4 nitrogen and oxygen atoms in total. The van der Waals surface area contributed by atoms with Gasteiger partial charge in [-0.2, -0.15) is 0 Å². The maximum Gasteiger partial charge on any atom is 0.256 e. The van der Waals surface area contributed by atoms with Gasteiger partial charge in [0.2, 0.25) is 0 Å². The normalized spacial score (nSPS) is 14.1. The van der Waals surface area contributed by atoms with E-state index < -0.39 is 29.0 Å². The minimum Gasteiger partial charge on any atom is -0.319 e. The summed E-state index contributed by atoms with van der Waals surface area (Å²) in [5.74, 6) is -4.91. The quantitative estimate of drug-likeness (QED) is 0.685. The van der Waals surface area contributed by atoms with Gasteiger partial charge >= 0.3 is 0 Å². The largest absolute Gasteiger partial charge is 0.319 e. The van der Waals surface area contributed by atoms with E-state index in [2.05, 4.69) is 15.2 Å². The van der Waals surface area contributed by atoms with Crippen LogP contribution in [0.15, 0.2) is 36.4 Å². The molecule has 144 valence electrons. The highest BCUT2D eigenvalue weighted by Gasteiger charge is 2.26. The lowest BCUT2D eigenvalue weighted by atomic mass is 9.95. The number of hydrogen-bond acceptors (Lipinski definition) is 3. The molecule has 2 heterocycles. The number of nitrogens with one attached hydrogen (secondary N) is 1. The van der Waals surface area contributed by atoms with Crippen molar-refractivity contribution in [3.8, 4) is 0 Å². The number of likely N-dealkylation sites (N-methyl/N-ethyl adjacent to an activating group) is 1. The van der Waals surface area contributed by atoms with Crippen molar-refractivity contribution in [1.82, 2.24) is 9.88 Å². The van der Waals surface area contributed by atoms with Crippen LogP contribution in [0.2, 0.25) is 0 Å². The van der Waals surface area contributed by atoms with E-state index in [-0.39, 0.29) is 0 Å². The molecule has 0 aliphatic carbocycles. The zero-order chi connectivity index (χ0) is 19.8. The number of nitrogens with zero attached hydrogens (tertiary/aromatic N) is 2. The molecule has 0 radical (unpaired) electrons. The van der Waals surface area contributed by atoms with Crippen LogP contribution in [0.1, 0.15) is 28.5 Å². The van der Waals surface area contributed by atoms with Crippen LogP contribution < -0.4 is 5.32 Å². The Morgan fingerprint density at radius 3 is 2.71 bits per heavy atom. The second kappa shape index (κ2) is 7.24. The third kappa shape index (κ3) is 3.11. The minimum absolute atomic E-state index is 0.392. The van der Waals surface area contributed by atoms with E-state index in [0.29, 0.717) is 29.4 Å². The van der Waals surface area contributed by atoms with Crippen LogP contribution in [0.25, 0.3) is 10.9 Å². The third-order valence-electron chi connectivity index (χ3n) is 5.08. The summed E-state index contributed by atoms with van der Waals surface area (Å²) in [6, 6.07) is 9.03. The van der Waals surface area contributed by atoms with Gasteiger partial charge in [0.1, 0.15) is 0 Å². The fourth-order valence-electron chi connectivity index (χ4n) is 3.58. The average Bonchev–Trinajstić information content (AvgIpc) is 2.71. The van der Waals surface area contributed by atoms with Gasteiger partial charge < -0.3 is 5.32 Å². The van der Waals surface area contributed by atoms with Gasteiger partial charge in [-0.25, -0.2) is 13.2 Å². The highest BCUT2D eigenvalue weighted by molar-refractivity contribution is 6.13. The van der Waals surface area contributed by atoms with Gasteiger partial charge in [0, 0.05) is 36.2 Å². The summed E-state index contributed by atoms with van der Waals surface area (Å²) in [6.07, 6.45) is 0.702. The lowest BCUT2D eigenvalue weighted by Crippen LogP contribution is -2.33. The van der Waals surface area contributed by atoms with Gasteiger partial charge in [0.15, 0.2) is 17.5 Å². The van der Waals surface area contributed by atoms with Crippen LogP contribution in [-0.4, -0.2) is 28.9 Å². The van der Waals surface area contributed by atoms with E-state index in [1.54, 1.807) is 12.1 Å². The van der Waals surface area contributed by atoms with Crippen LogP contribution in [0.3, 0.4) is 0 Å². The first kappa shape index (κ1) is 18.4. The summed E-state index contributed by atoms with van der Waals surface area (Å²) in [5.41, 5.74) is 2.28. The van der Waals surface area contributed by atoms with Gasteiger partial charge in [0.25, 0.3) is 5.91 Å². The van der Waals surface area contributed by atoms with Crippen molar-refractivity contribution < 1.29 is 18.0 Å². The summed E-state index contributed by atoms with van der Waals surface area (Å²) in [7, 11) is 0. The first-order chi connectivity index (χ1) is 13.5. The predicted molar refractivity (Wildman–Crippen MR) is 101 cm³/mol. The fourth-order valence-corrected chi connectivity index (χ4v) is 3.58. The lowest BCUT2D eigenvalue weighted by Gasteiger charge is -2.29. The first-order valence-corrected chi connectivity index (χ1v) is 9.07. The van der Waals surface area contributed by atoms with E-state index in [0.717, 1.165) is 36.5 Å². The Morgan fingerprint density at radius 1 is 1.14 bits per heavy atom. The van der Waals surface area contributed by atoms with Crippen molar-refractivity contribution in [2.75, 3.05) is 18.4 Å². The molecule has 0 saturated carbocycles. The molecule has 0 spiro atoms. The van der Waals surface area contributed by atoms with Crippen LogP contribution >= 0.6 is 0 Å². The van der Waals surface area contributed by atoms with Crippen molar-refractivity contribution in [3.63, 3.8) is 0 Å². The highest BCUT2D eigenvalue weighted by atomic mass is 19.2. The Hall–Kier alpha value is -2.93. The van der Waals surface area contributed by atoms with Crippen molar-refractivity contribution in [2.45, 2.75) is 19.9 Å². The molecule has 7 heteroatoms. The molecule has 1 aliphatic heterocycles. The Bertz CT molecular complexity index is 1080. The number of pyridine rings is 1. The molecule has 4 rings (SSSR count). The number of benzene rings is 2. The van der Waals surface area contributed by atoms with Crippen LogP contribution in [-0.2, 0) is 13.0 Å². The summed E-state index contributed by atoms with van der Waals surface area (Å²) in [6.45, 7) is 4.25. The molecule has 1 aromatic heterocycles. The Morgan fingerprint density at radius 2 is 1.93 bits per heavy atom. The van der Waals surface area contributed by atoms with Crippen molar-refractivity contribution in [1.29, 1.82) is 0 Å². The number of rotatable bonds is 3. The average molecular weight is 385 g/mol. The smallest absolute Gasteiger partial charge is 0.256 e. The van der Waals surface area contributed by atoms with E-state index in [1.807, 2.05) is 19.1 Å². The molecule has 0 saturated heterocycles. The zero-order valence-electron chi connectivity index (χ0n) is 15.2. The van der Waals surface area contributed by atoms with Crippen molar-refractivity contribution in [2.24, 2.45) is 0 Å². The number of anilines is 1. The second-order valence-corrected chi connectivity index (χ2v) is 6.73. The van der Waals surface area contributed by atoms with Gasteiger partial charge in [-0.3, -0.25) is 14.7 Å². The monoisotopic (exact) mass is 385 g/mol. The van der Waals surface area contributed by atoms with Gasteiger partial charge in [-0.1, -0.05) is 25.1 Å². The number of fused-ring (bicyclic) bond motifs is 2. The highest BCUT2D eigenvalue weighted by Crippen LogP contribution is 2.29. The maximum absolute atomic E-state index is 14.1. The molecule has 28 heavy (non-hydrogen) atoms. The summed E-state index contributed by atoms with van der Waals surface area (Å²) < 4.78 is 40.8. The number of carbonyl (C=O) groups excluding carboxylic acids is 1. The summed E-state index contributed by atoms with van der Waals surface area (Å²) in [5, 5.41) is 3.04. The molecule has 2 aromatic carbocycles. The Labute approximate surface area is 160 Å². The molecule has 0 fully saturated rings. The molecule has 1 amide bonds. The molecule has 1 N–H and O–H groups in total. The zero-order valence-corrected chi connectivity index (χ0v) is 15.2. The van der Waals surface area contributed by atoms with Crippen molar-refractivity contribution in [3.05, 3.63) is 70.7 Å². The van der Waals surface area contributed by atoms with Crippen LogP contribution in [0.5, 0.6) is 0 Å². The molecular weight excluding hydrogens is 367 g/mol. The Kier molecular flexibility index (Phi) is 4.77. The molecular formula is C21H18F3N3O. The number of amides is 1. The molecule has 1 aliphatic rings. The minimum atomic E-state index is -1.61. The lowest BCUT2D eigenvalue weighted by molar-refractivity contribution is 0.102. The van der Waals surface area contributed by atoms with Crippen LogP contribution in [0.4, 0.5) is 18.9 Å². The summed E-state index contributed by atoms with van der Waals surface area (Å²) in [4.78, 5) is 20.0. The van der Waals surface area contributed by atoms with Gasteiger partial charge in [0.05, 0.1) is 16.8 Å². The SMILES string of the molecule is CCN1CCc2nc3ccccc3c(C(=O)Nc3ccc(F)c(F)c3F)c2C1. The number of hydrogen-bond donors (Lipinski definition) is 1. The van der Waals surface area contributed by atoms with Gasteiger partial charge in [-0.05, 0) is 24.7 Å². The number of halogens is 3. The molecule has 0 bridgehead atoms. The molecule has 0 atom stereocenters. The Balaban J connectivity index is 1.83. The fraction of sp³-hybridized carbons (Fsp3) is 0.238. The standard InChI is InChI=1S/C21H18F3N3O/c1-2-27-10-9-16-13(11-27)18(12-5-3-4-6-15(12)25-16)21(28)26-17-8-7-14(22)19(23)20(17)24/h3-8H,2,9-11H2,1H3,(H,26,28). The molecule has 3 aromatic rings. The number of carbonyl (C=O) groups is 1. The molecule has 0 unspecified atom stereocenters. The predicted octanol–water partition coefficient (Wildman–Crippen LogP) is 4.28. The van der Waals surface area contributed by atoms with E-state index in [4.69, 9.17) is 0 Å². The number of aromatic nitrogens is 1. The van der Waals surface area contributed by atoms with E-state index in [9.17, 15) is 18.0 Å². The van der Waals surface area contributed by atoms with Crippen LogP contribution in [0, 0.1) is 17.5 Å². The number of para-hydroxylation sites is 1.